The van der Waals surface area contributed by atoms with Crippen LogP contribution in [0.1, 0.15) is 9.67 Å². The van der Waals surface area contributed by atoms with Crippen LogP contribution in [0.4, 0.5) is 10.1 Å². The number of benzene rings is 1. The van der Waals surface area contributed by atoms with E-state index < -0.39 is 11.7 Å². The summed E-state index contributed by atoms with van der Waals surface area (Å²) in [5.41, 5.74) is 11.8. The lowest BCUT2D eigenvalue weighted by Gasteiger charge is -2.02. The molecule has 0 aliphatic rings. The molecule has 0 atom stereocenters. The molecule has 17 heavy (non-hydrogen) atoms. The van der Waals surface area contributed by atoms with Crippen LogP contribution in [0.3, 0.4) is 0 Å². The Kier molecular flexibility index (Phi) is 2.99. The fourth-order valence-electron chi connectivity index (χ4n) is 1.35. The van der Waals surface area contributed by atoms with Crippen LogP contribution in [0, 0.1) is 5.82 Å². The van der Waals surface area contributed by atoms with E-state index in [1.165, 1.54) is 12.1 Å². The predicted molar refractivity (Wildman–Crippen MR) is 65.4 cm³/mol. The van der Waals surface area contributed by atoms with Crippen LogP contribution >= 0.6 is 23.1 Å². The van der Waals surface area contributed by atoms with E-state index >= 15 is 0 Å². The number of rotatable bonds is 2. The molecule has 0 radical (unpaired) electrons. The van der Waals surface area contributed by atoms with Crippen LogP contribution in [0.5, 0.6) is 0 Å². The van der Waals surface area contributed by atoms with Crippen molar-refractivity contribution in [3.05, 3.63) is 33.9 Å². The first-order chi connectivity index (χ1) is 8.00. The maximum absolute atomic E-state index is 12.9. The van der Waals surface area contributed by atoms with Crippen molar-refractivity contribution in [1.82, 2.24) is 4.37 Å². The molecule has 4 N–H and O–H groups in total. The van der Waals surface area contributed by atoms with Gasteiger partial charge in [-0.1, -0.05) is 11.6 Å². The molecular weight excluding hydrogens is 265 g/mol. The van der Waals surface area contributed by atoms with Gasteiger partial charge >= 0.3 is 0 Å². The van der Waals surface area contributed by atoms with Crippen molar-refractivity contribution in [1.29, 1.82) is 0 Å². The monoisotopic (exact) mass is 271 g/mol. The zero-order chi connectivity index (χ0) is 12.6. The molecular formula is C10H7ClFN3OS. The van der Waals surface area contributed by atoms with Gasteiger partial charge in [-0.2, -0.15) is 4.37 Å². The average molecular weight is 272 g/mol. The molecule has 88 valence electrons. The summed E-state index contributed by atoms with van der Waals surface area (Å²) in [5, 5.41) is 0.179. The molecule has 0 fully saturated rings. The SMILES string of the molecule is NC(=O)c1snc(-c2ccc(F)cc2Cl)c1N. The second-order valence-electron chi connectivity index (χ2n) is 3.26. The van der Waals surface area contributed by atoms with Crippen LogP contribution in [-0.2, 0) is 0 Å². The van der Waals surface area contributed by atoms with Crippen LogP contribution in [0.15, 0.2) is 18.2 Å². The number of carbonyl (C=O) groups excluding carboxylic acids is 1. The molecule has 1 aromatic heterocycles. The van der Waals surface area contributed by atoms with Gasteiger partial charge in [-0.15, -0.1) is 0 Å². The van der Waals surface area contributed by atoms with Gasteiger partial charge in [0.15, 0.2) is 0 Å². The van der Waals surface area contributed by atoms with Crippen molar-refractivity contribution < 1.29 is 9.18 Å². The molecule has 2 rings (SSSR count). The third kappa shape index (κ3) is 2.09. The Morgan fingerprint density at radius 1 is 1.47 bits per heavy atom. The third-order valence-corrected chi connectivity index (χ3v) is 3.33. The number of anilines is 1. The fraction of sp³-hybridized carbons (Fsp3) is 0. The molecule has 0 aliphatic carbocycles. The van der Waals surface area contributed by atoms with E-state index in [-0.39, 0.29) is 15.6 Å². The fourth-order valence-corrected chi connectivity index (χ4v) is 2.27. The van der Waals surface area contributed by atoms with Crippen LogP contribution < -0.4 is 11.5 Å². The Morgan fingerprint density at radius 3 is 2.71 bits per heavy atom. The quantitative estimate of drug-likeness (QED) is 0.879. The Balaban J connectivity index is 2.57. The molecule has 7 heteroatoms. The van der Waals surface area contributed by atoms with Gasteiger partial charge in [0.25, 0.3) is 5.91 Å². The smallest absolute Gasteiger partial charge is 0.262 e. The lowest BCUT2D eigenvalue weighted by Crippen LogP contribution is -2.10. The normalized spacial score (nSPS) is 10.5. The van der Waals surface area contributed by atoms with Gasteiger partial charge in [0, 0.05) is 5.56 Å². The summed E-state index contributed by atoms with van der Waals surface area (Å²) in [4.78, 5) is 11.2. The second kappa shape index (κ2) is 4.31. The number of amides is 1. The summed E-state index contributed by atoms with van der Waals surface area (Å²) < 4.78 is 16.9. The van der Waals surface area contributed by atoms with E-state index in [0.29, 0.717) is 11.3 Å². The second-order valence-corrected chi connectivity index (χ2v) is 4.44. The molecule has 0 saturated carbocycles. The van der Waals surface area contributed by atoms with Crippen molar-refractivity contribution >= 4 is 34.7 Å². The van der Waals surface area contributed by atoms with Gasteiger partial charge in [0.2, 0.25) is 0 Å². The summed E-state index contributed by atoms with van der Waals surface area (Å²) in [6, 6.07) is 3.84. The largest absolute Gasteiger partial charge is 0.396 e. The molecule has 0 bridgehead atoms. The molecule has 0 unspecified atom stereocenters. The summed E-state index contributed by atoms with van der Waals surface area (Å²) in [5.74, 6) is -1.10. The predicted octanol–water partition coefficient (Wildman–Crippen LogP) is 2.28. The molecule has 0 aliphatic heterocycles. The number of carbonyl (C=O) groups is 1. The van der Waals surface area contributed by atoms with Crippen LogP contribution in [0.2, 0.25) is 5.02 Å². The Hall–Kier alpha value is -1.66. The maximum Gasteiger partial charge on any atom is 0.262 e. The Labute approximate surface area is 105 Å². The number of nitrogens with two attached hydrogens (primary N) is 2. The van der Waals surface area contributed by atoms with Crippen molar-refractivity contribution in [3.8, 4) is 11.3 Å². The third-order valence-electron chi connectivity index (χ3n) is 2.14. The zero-order valence-corrected chi connectivity index (χ0v) is 9.98. The average Bonchev–Trinajstić information content (AvgIpc) is 2.60. The number of primary amides is 1. The number of halogens is 2. The van der Waals surface area contributed by atoms with Crippen LogP contribution in [0.25, 0.3) is 11.3 Å². The number of aromatic nitrogens is 1. The molecule has 1 aromatic carbocycles. The topological polar surface area (TPSA) is 82.0 Å². The highest BCUT2D eigenvalue weighted by atomic mass is 35.5. The summed E-state index contributed by atoms with van der Waals surface area (Å²) in [7, 11) is 0. The highest BCUT2D eigenvalue weighted by Crippen LogP contribution is 2.34. The van der Waals surface area contributed by atoms with Crippen molar-refractivity contribution in [2.45, 2.75) is 0 Å². The van der Waals surface area contributed by atoms with Crippen molar-refractivity contribution in [2.75, 3.05) is 5.73 Å². The lowest BCUT2D eigenvalue weighted by molar-refractivity contribution is 0.100. The van der Waals surface area contributed by atoms with E-state index in [9.17, 15) is 9.18 Å². The van der Waals surface area contributed by atoms with E-state index in [0.717, 1.165) is 17.6 Å². The number of hydrogen-bond donors (Lipinski definition) is 2. The number of nitrogens with zero attached hydrogens (tertiary/aromatic N) is 1. The molecule has 0 saturated heterocycles. The van der Waals surface area contributed by atoms with Gasteiger partial charge in [-0.25, -0.2) is 4.39 Å². The molecule has 1 amide bonds. The number of nitrogen functional groups attached to an aromatic ring is 1. The zero-order valence-electron chi connectivity index (χ0n) is 8.41. The highest BCUT2D eigenvalue weighted by molar-refractivity contribution is 7.09. The van der Waals surface area contributed by atoms with E-state index in [4.69, 9.17) is 23.1 Å². The Bertz CT molecular complexity index is 599. The maximum atomic E-state index is 12.9. The standard InChI is InChI=1S/C10H7ClFN3OS/c11-6-3-4(12)1-2-5(6)8-7(13)9(10(14)16)17-15-8/h1-3H,13H2,(H2,14,16). The van der Waals surface area contributed by atoms with E-state index in [1.54, 1.807) is 0 Å². The van der Waals surface area contributed by atoms with Gasteiger partial charge in [-0.3, -0.25) is 4.79 Å². The summed E-state index contributed by atoms with van der Waals surface area (Å²) >= 11 is 6.77. The first-order valence-electron chi connectivity index (χ1n) is 4.51. The first kappa shape index (κ1) is 11.8. The molecule has 0 spiro atoms. The first-order valence-corrected chi connectivity index (χ1v) is 5.66. The van der Waals surface area contributed by atoms with Crippen molar-refractivity contribution in [3.63, 3.8) is 0 Å². The summed E-state index contributed by atoms with van der Waals surface area (Å²) in [6.07, 6.45) is 0. The van der Waals surface area contributed by atoms with E-state index in [1.807, 2.05) is 0 Å². The van der Waals surface area contributed by atoms with Gasteiger partial charge < -0.3 is 11.5 Å². The number of hydrogen-bond acceptors (Lipinski definition) is 4. The molecule has 4 nitrogen and oxygen atoms in total. The summed E-state index contributed by atoms with van der Waals surface area (Å²) in [6.45, 7) is 0. The van der Waals surface area contributed by atoms with Gasteiger partial charge in [0.1, 0.15) is 16.4 Å². The molecule has 1 heterocycles. The molecule has 2 aromatic rings. The lowest BCUT2D eigenvalue weighted by atomic mass is 10.1. The Morgan fingerprint density at radius 2 is 2.18 bits per heavy atom. The highest BCUT2D eigenvalue weighted by Gasteiger charge is 2.18. The van der Waals surface area contributed by atoms with Gasteiger partial charge in [0.05, 0.1) is 10.7 Å². The minimum absolute atomic E-state index is 0.163. The van der Waals surface area contributed by atoms with Crippen LogP contribution in [-0.4, -0.2) is 10.3 Å². The minimum Gasteiger partial charge on any atom is -0.396 e. The minimum atomic E-state index is -0.649. The van der Waals surface area contributed by atoms with Crippen molar-refractivity contribution in [2.24, 2.45) is 5.73 Å². The van der Waals surface area contributed by atoms with E-state index in [2.05, 4.69) is 4.37 Å². The van der Waals surface area contributed by atoms with Gasteiger partial charge in [-0.05, 0) is 29.7 Å².